The van der Waals surface area contributed by atoms with Gasteiger partial charge in [0.15, 0.2) is 0 Å². The summed E-state index contributed by atoms with van der Waals surface area (Å²) >= 11 is 1.15. The van der Waals surface area contributed by atoms with Crippen LogP contribution in [0.5, 0.6) is 0 Å². The molecule has 0 aliphatic carbocycles. The third-order valence-electron chi connectivity index (χ3n) is 4.69. The number of esters is 1. The number of unbranched alkanes of at least 4 members (excludes halogenated alkanes) is 1. The average Bonchev–Trinajstić information content (AvgIpc) is 3.45. The minimum atomic E-state index is -0.366. The zero-order valence-corrected chi connectivity index (χ0v) is 18.3. The number of ether oxygens (including phenoxy) is 1. The average molecular weight is 451 g/mol. The molecule has 2 heterocycles. The van der Waals surface area contributed by atoms with Gasteiger partial charge in [0.2, 0.25) is 5.91 Å². The number of carbonyl (C=O) groups excluding carboxylic acids is 2. The van der Waals surface area contributed by atoms with Crippen LogP contribution in [-0.2, 0) is 9.53 Å². The summed E-state index contributed by atoms with van der Waals surface area (Å²) < 4.78 is 10.9. The fraction of sp³-hybridized carbons (Fsp3) is 0.217. The lowest BCUT2D eigenvalue weighted by Gasteiger charge is -2.06. The van der Waals surface area contributed by atoms with Crippen LogP contribution < -0.4 is 5.32 Å². The van der Waals surface area contributed by atoms with Crippen molar-refractivity contribution in [3.8, 4) is 11.5 Å². The molecule has 0 saturated heterocycles. The van der Waals surface area contributed by atoms with Crippen LogP contribution in [0.2, 0.25) is 0 Å². The summed E-state index contributed by atoms with van der Waals surface area (Å²) in [4.78, 5) is 27.4. The Hall–Kier alpha value is -3.59. The molecule has 2 N–H and O–H groups in total. The maximum Gasteiger partial charge on any atom is 0.338 e. The summed E-state index contributed by atoms with van der Waals surface area (Å²) in [7, 11) is 0. The van der Waals surface area contributed by atoms with Gasteiger partial charge in [0.1, 0.15) is 0 Å². The first kappa shape index (κ1) is 21.6. The highest BCUT2D eigenvalue weighted by Crippen LogP contribution is 2.29. The summed E-state index contributed by atoms with van der Waals surface area (Å²) in [5.74, 6) is -0.0859. The molecule has 1 amide bonds. The minimum absolute atomic E-state index is 0.107. The van der Waals surface area contributed by atoms with E-state index in [0.717, 1.165) is 41.1 Å². The zero-order chi connectivity index (χ0) is 22.3. The summed E-state index contributed by atoms with van der Waals surface area (Å²) in [5.41, 5.74) is 2.84. The molecule has 8 nitrogen and oxygen atoms in total. The number of anilines is 1. The van der Waals surface area contributed by atoms with Crippen LogP contribution in [0, 0.1) is 0 Å². The predicted octanol–water partition coefficient (Wildman–Crippen LogP) is 4.91. The molecule has 9 heteroatoms. The van der Waals surface area contributed by atoms with Gasteiger partial charge in [-0.3, -0.25) is 4.79 Å². The number of carbonyl (C=O) groups is 2. The van der Waals surface area contributed by atoms with Crippen LogP contribution in [0.15, 0.2) is 64.4 Å². The highest BCUT2D eigenvalue weighted by molar-refractivity contribution is 7.99. The molecule has 0 aliphatic heterocycles. The van der Waals surface area contributed by atoms with E-state index >= 15 is 0 Å². The Morgan fingerprint density at radius 3 is 2.75 bits per heavy atom. The Labute approximate surface area is 188 Å². The number of thioether (sulfide) groups is 1. The van der Waals surface area contributed by atoms with Crippen LogP contribution in [0.3, 0.4) is 0 Å². The van der Waals surface area contributed by atoms with Crippen molar-refractivity contribution in [2.75, 3.05) is 17.7 Å². The van der Waals surface area contributed by atoms with Crippen molar-refractivity contribution in [2.45, 2.75) is 25.0 Å². The van der Waals surface area contributed by atoms with E-state index in [1.807, 2.05) is 37.4 Å². The highest BCUT2D eigenvalue weighted by Gasteiger charge is 2.15. The molecule has 2 aromatic carbocycles. The number of hydrogen-bond acceptors (Lipinski definition) is 7. The Morgan fingerprint density at radius 2 is 1.94 bits per heavy atom. The van der Waals surface area contributed by atoms with Crippen molar-refractivity contribution >= 4 is 40.2 Å². The lowest BCUT2D eigenvalue weighted by molar-refractivity contribution is -0.113. The minimum Gasteiger partial charge on any atom is -0.462 e. The van der Waals surface area contributed by atoms with Crippen LogP contribution >= 0.6 is 11.8 Å². The normalized spacial score (nSPS) is 10.9. The number of benzene rings is 2. The summed E-state index contributed by atoms with van der Waals surface area (Å²) in [6.45, 7) is 2.44. The molecule has 32 heavy (non-hydrogen) atoms. The van der Waals surface area contributed by atoms with Gasteiger partial charge in [-0.05, 0) is 36.8 Å². The Balaban J connectivity index is 1.29. The number of aromatic nitrogens is 3. The molecule has 0 fully saturated rings. The molecule has 4 rings (SSSR count). The second-order valence-electron chi connectivity index (χ2n) is 7.02. The largest absolute Gasteiger partial charge is 0.462 e. The number of amides is 1. The van der Waals surface area contributed by atoms with Gasteiger partial charge in [-0.2, -0.15) is 0 Å². The number of hydrogen-bond donors (Lipinski definition) is 2. The predicted molar refractivity (Wildman–Crippen MR) is 123 cm³/mol. The summed E-state index contributed by atoms with van der Waals surface area (Å²) in [6.07, 6.45) is 3.62. The van der Waals surface area contributed by atoms with E-state index in [4.69, 9.17) is 9.15 Å². The Morgan fingerprint density at radius 1 is 1.12 bits per heavy atom. The topological polar surface area (TPSA) is 110 Å². The number of nitrogens with zero attached hydrogens (tertiary/aromatic N) is 2. The molecule has 0 atom stereocenters. The van der Waals surface area contributed by atoms with E-state index in [1.54, 1.807) is 24.3 Å². The monoisotopic (exact) mass is 450 g/mol. The van der Waals surface area contributed by atoms with E-state index in [0.29, 0.717) is 29.0 Å². The first-order chi connectivity index (χ1) is 15.6. The molecular formula is C23H22N4O4S. The van der Waals surface area contributed by atoms with Gasteiger partial charge in [-0.15, -0.1) is 10.2 Å². The van der Waals surface area contributed by atoms with Crippen molar-refractivity contribution in [2.24, 2.45) is 0 Å². The molecule has 4 aromatic rings. The molecule has 0 aliphatic rings. The molecule has 0 spiro atoms. The van der Waals surface area contributed by atoms with Crippen LogP contribution in [-0.4, -0.2) is 39.4 Å². The second kappa shape index (κ2) is 10.1. The molecule has 0 radical (unpaired) electrons. The number of aromatic amines is 1. The molecule has 164 valence electrons. The van der Waals surface area contributed by atoms with Gasteiger partial charge in [-0.25, -0.2) is 4.79 Å². The van der Waals surface area contributed by atoms with E-state index in [2.05, 4.69) is 20.5 Å². The maximum atomic E-state index is 12.3. The molecule has 0 unspecified atom stereocenters. The number of H-pyrrole nitrogens is 1. The Bertz CT molecular complexity index is 1220. The van der Waals surface area contributed by atoms with Crippen molar-refractivity contribution in [1.82, 2.24) is 15.2 Å². The van der Waals surface area contributed by atoms with Crippen molar-refractivity contribution in [3.05, 3.63) is 60.3 Å². The quantitative estimate of drug-likeness (QED) is 0.212. The smallest absolute Gasteiger partial charge is 0.338 e. The molecular weight excluding hydrogens is 428 g/mol. The zero-order valence-electron chi connectivity index (χ0n) is 17.5. The van der Waals surface area contributed by atoms with Crippen molar-refractivity contribution < 1.29 is 18.7 Å². The third-order valence-corrected chi connectivity index (χ3v) is 5.51. The lowest BCUT2D eigenvalue weighted by atomic mass is 10.2. The van der Waals surface area contributed by atoms with Gasteiger partial charge in [0.05, 0.1) is 23.5 Å². The fourth-order valence-corrected chi connectivity index (χ4v) is 3.60. The van der Waals surface area contributed by atoms with Crippen molar-refractivity contribution in [1.29, 1.82) is 0 Å². The highest BCUT2D eigenvalue weighted by atomic mass is 32.2. The summed E-state index contributed by atoms with van der Waals surface area (Å²) in [6, 6.07) is 14.4. The van der Waals surface area contributed by atoms with Gasteiger partial charge in [0, 0.05) is 22.8 Å². The van der Waals surface area contributed by atoms with E-state index < -0.39 is 0 Å². The number of para-hydroxylation sites is 1. The van der Waals surface area contributed by atoms with E-state index in [1.165, 1.54) is 0 Å². The summed E-state index contributed by atoms with van der Waals surface area (Å²) in [5, 5.41) is 12.2. The molecule has 0 saturated carbocycles. The lowest BCUT2D eigenvalue weighted by Crippen LogP contribution is -2.14. The van der Waals surface area contributed by atoms with E-state index in [-0.39, 0.29) is 17.6 Å². The van der Waals surface area contributed by atoms with Crippen LogP contribution in [0.4, 0.5) is 5.69 Å². The number of fused-ring (bicyclic) bond motifs is 1. The maximum absolute atomic E-state index is 12.3. The van der Waals surface area contributed by atoms with Gasteiger partial charge < -0.3 is 19.5 Å². The van der Waals surface area contributed by atoms with E-state index in [9.17, 15) is 9.59 Å². The number of nitrogens with one attached hydrogen (secondary N) is 2. The molecule has 0 bridgehead atoms. The van der Waals surface area contributed by atoms with Crippen LogP contribution in [0.25, 0.3) is 22.4 Å². The fourth-order valence-electron chi connectivity index (χ4n) is 3.03. The van der Waals surface area contributed by atoms with Gasteiger partial charge in [0.25, 0.3) is 11.1 Å². The number of rotatable bonds is 9. The van der Waals surface area contributed by atoms with Gasteiger partial charge >= 0.3 is 5.97 Å². The van der Waals surface area contributed by atoms with Crippen LogP contribution in [0.1, 0.15) is 30.1 Å². The first-order valence-corrected chi connectivity index (χ1v) is 11.2. The standard InChI is InChI=1S/C23H22N4O4S/c1-2-3-12-30-22(29)15-8-10-16(11-9-15)25-20(28)14-32-23-27-26-21(31-23)18-13-24-19-7-5-4-6-17(18)19/h4-11,13,24H,2-3,12,14H2,1H3,(H,25,28). The van der Waals surface area contributed by atoms with Crippen molar-refractivity contribution in [3.63, 3.8) is 0 Å². The Kier molecular flexibility index (Phi) is 6.86. The molecule has 2 aromatic heterocycles. The second-order valence-corrected chi connectivity index (χ2v) is 7.95. The first-order valence-electron chi connectivity index (χ1n) is 10.2. The SMILES string of the molecule is CCCCOC(=O)c1ccc(NC(=O)CSc2nnc(-c3c[nH]c4ccccc34)o2)cc1. The van der Waals surface area contributed by atoms with Gasteiger partial charge in [-0.1, -0.05) is 43.3 Å². The third kappa shape index (κ3) is 5.17.